The van der Waals surface area contributed by atoms with E-state index in [4.69, 9.17) is 11.6 Å². The van der Waals surface area contributed by atoms with Gasteiger partial charge in [0.2, 0.25) is 5.88 Å². The van der Waals surface area contributed by atoms with E-state index in [2.05, 4.69) is 9.97 Å². The molecule has 0 aromatic carbocycles. The maximum Gasteiger partial charge on any atom is 0.219 e. The Morgan fingerprint density at radius 3 is 2.33 bits per heavy atom. The highest BCUT2D eigenvalue weighted by molar-refractivity contribution is 6.30. The minimum atomic E-state index is -0.0116. The number of hydrogen-bond acceptors (Lipinski definition) is 3. The molecular formula is C8H11ClN2O. The fraction of sp³-hybridized carbons (Fsp3) is 0.500. The molecule has 0 amide bonds. The highest BCUT2D eigenvalue weighted by Gasteiger charge is 2.13. The molecule has 66 valence electrons. The molecule has 12 heavy (non-hydrogen) atoms. The molecule has 0 aliphatic carbocycles. The van der Waals surface area contributed by atoms with Crippen LogP contribution in [-0.2, 0) is 0 Å². The molecule has 1 rings (SSSR count). The van der Waals surface area contributed by atoms with Crippen LogP contribution in [0.4, 0.5) is 0 Å². The third-order valence-electron chi connectivity index (χ3n) is 1.57. The smallest absolute Gasteiger partial charge is 0.219 e. The van der Waals surface area contributed by atoms with Gasteiger partial charge in [-0.05, 0) is 12.8 Å². The molecule has 0 saturated heterocycles. The van der Waals surface area contributed by atoms with Gasteiger partial charge < -0.3 is 5.11 Å². The summed E-state index contributed by atoms with van der Waals surface area (Å²) in [5.74, 6) is 0.613. The van der Waals surface area contributed by atoms with Crippen LogP contribution in [0.15, 0.2) is 0 Å². The standard InChI is InChI=1S/C8H11ClN2O/c1-4(2)6-7(9)10-5(3)11-8(6)12/h4H,1-3H3,(H,10,11,12). The number of aryl methyl sites for hydroxylation is 1. The van der Waals surface area contributed by atoms with E-state index in [1.807, 2.05) is 13.8 Å². The molecule has 0 bridgehead atoms. The zero-order valence-corrected chi connectivity index (χ0v) is 8.05. The van der Waals surface area contributed by atoms with Gasteiger partial charge in [-0.2, -0.15) is 4.98 Å². The second kappa shape index (κ2) is 3.27. The van der Waals surface area contributed by atoms with Crippen molar-refractivity contribution < 1.29 is 5.11 Å². The predicted molar refractivity (Wildman–Crippen MR) is 47.5 cm³/mol. The SMILES string of the molecule is Cc1nc(O)c(C(C)C)c(Cl)n1. The molecule has 0 aliphatic rings. The number of halogens is 1. The lowest BCUT2D eigenvalue weighted by Gasteiger charge is -2.08. The van der Waals surface area contributed by atoms with Crippen molar-refractivity contribution in [2.24, 2.45) is 0 Å². The first-order valence-electron chi connectivity index (χ1n) is 3.75. The zero-order valence-electron chi connectivity index (χ0n) is 7.30. The molecule has 0 spiro atoms. The van der Waals surface area contributed by atoms with Crippen LogP contribution < -0.4 is 0 Å². The number of nitrogens with zero attached hydrogens (tertiary/aromatic N) is 2. The van der Waals surface area contributed by atoms with Crippen molar-refractivity contribution in [1.82, 2.24) is 9.97 Å². The van der Waals surface area contributed by atoms with E-state index in [0.29, 0.717) is 16.5 Å². The van der Waals surface area contributed by atoms with Crippen molar-refractivity contribution >= 4 is 11.6 Å². The van der Waals surface area contributed by atoms with Crippen molar-refractivity contribution in [3.63, 3.8) is 0 Å². The largest absolute Gasteiger partial charge is 0.493 e. The third kappa shape index (κ3) is 1.67. The average Bonchev–Trinajstić information content (AvgIpc) is 1.82. The molecule has 1 aromatic heterocycles. The second-order valence-corrected chi connectivity index (χ2v) is 3.31. The molecule has 3 nitrogen and oxygen atoms in total. The van der Waals surface area contributed by atoms with Gasteiger partial charge in [-0.15, -0.1) is 0 Å². The Balaban J connectivity index is 3.28. The van der Waals surface area contributed by atoms with Crippen LogP contribution in [0.3, 0.4) is 0 Å². The van der Waals surface area contributed by atoms with E-state index < -0.39 is 0 Å². The Bertz CT molecular complexity index is 276. The summed E-state index contributed by atoms with van der Waals surface area (Å²) in [4.78, 5) is 7.77. The van der Waals surface area contributed by atoms with Crippen molar-refractivity contribution in [1.29, 1.82) is 0 Å². The highest BCUT2D eigenvalue weighted by Crippen LogP contribution is 2.29. The van der Waals surface area contributed by atoms with Crippen LogP contribution in [0.5, 0.6) is 5.88 Å². The summed E-state index contributed by atoms with van der Waals surface area (Å²) in [6.45, 7) is 5.55. The molecule has 1 N–H and O–H groups in total. The molecular weight excluding hydrogens is 176 g/mol. The molecule has 0 fully saturated rings. The van der Waals surface area contributed by atoms with Crippen LogP contribution in [0.2, 0.25) is 5.15 Å². The maximum atomic E-state index is 9.41. The minimum absolute atomic E-state index is 0.0116. The van der Waals surface area contributed by atoms with E-state index in [1.54, 1.807) is 6.92 Å². The topological polar surface area (TPSA) is 46.0 Å². The first-order valence-corrected chi connectivity index (χ1v) is 4.13. The van der Waals surface area contributed by atoms with Crippen molar-refractivity contribution in [3.05, 3.63) is 16.5 Å². The molecule has 1 aromatic rings. The maximum absolute atomic E-state index is 9.41. The predicted octanol–water partition coefficient (Wildman–Crippen LogP) is 2.27. The summed E-state index contributed by atoms with van der Waals surface area (Å²) < 4.78 is 0. The summed E-state index contributed by atoms with van der Waals surface area (Å²) in [5.41, 5.74) is 0.613. The minimum Gasteiger partial charge on any atom is -0.493 e. The van der Waals surface area contributed by atoms with E-state index in [0.717, 1.165) is 0 Å². The number of aromatic hydroxyl groups is 1. The lowest BCUT2D eigenvalue weighted by Crippen LogP contribution is -1.97. The quantitative estimate of drug-likeness (QED) is 0.685. The molecule has 0 radical (unpaired) electrons. The van der Waals surface area contributed by atoms with E-state index in [9.17, 15) is 5.11 Å². The van der Waals surface area contributed by atoms with Crippen LogP contribution >= 0.6 is 11.6 Å². The van der Waals surface area contributed by atoms with Gasteiger partial charge in [-0.3, -0.25) is 0 Å². The Morgan fingerprint density at radius 2 is 1.92 bits per heavy atom. The van der Waals surface area contributed by atoms with Crippen LogP contribution in [-0.4, -0.2) is 15.1 Å². The number of hydrogen-bond donors (Lipinski definition) is 1. The second-order valence-electron chi connectivity index (χ2n) is 2.95. The summed E-state index contributed by atoms with van der Waals surface area (Å²) >= 11 is 5.82. The molecule has 4 heteroatoms. The summed E-state index contributed by atoms with van der Waals surface area (Å²) in [6.07, 6.45) is 0. The Labute approximate surface area is 76.4 Å². The lowest BCUT2D eigenvalue weighted by atomic mass is 10.1. The lowest BCUT2D eigenvalue weighted by molar-refractivity contribution is 0.439. The first-order chi connectivity index (χ1) is 5.52. The normalized spacial score (nSPS) is 10.8. The first kappa shape index (κ1) is 9.26. The third-order valence-corrected chi connectivity index (χ3v) is 1.86. The average molecular weight is 187 g/mol. The van der Waals surface area contributed by atoms with Crippen molar-refractivity contribution in [2.75, 3.05) is 0 Å². The summed E-state index contributed by atoms with van der Waals surface area (Å²) in [7, 11) is 0. The highest BCUT2D eigenvalue weighted by atomic mass is 35.5. The van der Waals surface area contributed by atoms with E-state index in [-0.39, 0.29) is 11.8 Å². The van der Waals surface area contributed by atoms with Crippen LogP contribution in [0.1, 0.15) is 31.2 Å². The summed E-state index contributed by atoms with van der Waals surface area (Å²) in [6, 6.07) is 0. The molecule has 0 aliphatic heterocycles. The van der Waals surface area contributed by atoms with Crippen molar-refractivity contribution in [2.45, 2.75) is 26.7 Å². The van der Waals surface area contributed by atoms with Gasteiger partial charge in [0.25, 0.3) is 0 Å². The van der Waals surface area contributed by atoms with Crippen LogP contribution in [0, 0.1) is 6.92 Å². The van der Waals surface area contributed by atoms with Gasteiger partial charge in [-0.25, -0.2) is 4.98 Å². The van der Waals surface area contributed by atoms with Gasteiger partial charge in [0.15, 0.2) is 0 Å². The van der Waals surface area contributed by atoms with Gasteiger partial charge in [0, 0.05) is 0 Å². The van der Waals surface area contributed by atoms with E-state index in [1.165, 1.54) is 0 Å². The zero-order chi connectivity index (χ0) is 9.30. The Morgan fingerprint density at radius 1 is 1.33 bits per heavy atom. The number of rotatable bonds is 1. The summed E-state index contributed by atoms with van der Waals surface area (Å²) in [5, 5.41) is 9.75. The molecule has 1 heterocycles. The fourth-order valence-corrected chi connectivity index (χ4v) is 1.45. The number of aromatic nitrogens is 2. The van der Waals surface area contributed by atoms with Crippen molar-refractivity contribution in [3.8, 4) is 5.88 Å². The van der Waals surface area contributed by atoms with Gasteiger partial charge in [0.1, 0.15) is 11.0 Å². The van der Waals surface area contributed by atoms with Gasteiger partial charge in [-0.1, -0.05) is 25.4 Å². The van der Waals surface area contributed by atoms with E-state index >= 15 is 0 Å². The molecule has 0 unspecified atom stereocenters. The molecule has 0 atom stereocenters. The monoisotopic (exact) mass is 186 g/mol. The van der Waals surface area contributed by atoms with Gasteiger partial charge in [0.05, 0.1) is 5.56 Å². The van der Waals surface area contributed by atoms with Gasteiger partial charge >= 0.3 is 0 Å². The molecule has 0 saturated carbocycles. The Hall–Kier alpha value is -0.830. The Kier molecular flexibility index (Phi) is 2.52. The van der Waals surface area contributed by atoms with Crippen LogP contribution in [0.25, 0.3) is 0 Å². The fourth-order valence-electron chi connectivity index (χ4n) is 1.03.